The molecule has 0 bridgehead atoms. The Hall–Kier alpha value is -3.10. The van der Waals surface area contributed by atoms with Crippen molar-refractivity contribution >= 4 is 23.5 Å². The van der Waals surface area contributed by atoms with Gasteiger partial charge in [0.25, 0.3) is 5.91 Å². The number of H-pyrrole nitrogens is 1. The Bertz CT molecular complexity index is 952. The molecular weight excluding hydrogens is 384 g/mol. The molecule has 4 rings (SSSR count). The number of aromatic amines is 1. The van der Waals surface area contributed by atoms with Crippen LogP contribution in [0, 0.1) is 6.92 Å². The zero-order chi connectivity index (χ0) is 21.3. The number of hydrogen-bond donors (Lipinski definition) is 4. The molecule has 2 fully saturated rings. The van der Waals surface area contributed by atoms with Gasteiger partial charge in [-0.1, -0.05) is 0 Å². The summed E-state index contributed by atoms with van der Waals surface area (Å²) in [5.41, 5.74) is 2.78. The van der Waals surface area contributed by atoms with Gasteiger partial charge < -0.3 is 20.7 Å². The Morgan fingerprint density at radius 1 is 1.27 bits per heavy atom. The number of amides is 2. The highest BCUT2D eigenvalue weighted by atomic mass is 16.6. The number of carbonyl (C=O) groups is 2. The van der Waals surface area contributed by atoms with E-state index in [1.165, 1.54) is 0 Å². The van der Waals surface area contributed by atoms with Gasteiger partial charge in [0, 0.05) is 24.6 Å². The van der Waals surface area contributed by atoms with Crippen LogP contribution in [0.5, 0.6) is 0 Å². The molecule has 2 saturated carbocycles. The summed E-state index contributed by atoms with van der Waals surface area (Å²) < 4.78 is 5.59. The van der Waals surface area contributed by atoms with Crippen molar-refractivity contribution in [2.45, 2.75) is 63.5 Å². The molecule has 0 unspecified atom stereocenters. The van der Waals surface area contributed by atoms with Crippen LogP contribution in [0.15, 0.2) is 18.2 Å². The van der Waals surface area contributed by atoms with Gasteiger partial charge in [0.1, 0.15) is 17.6 Å². The smallest absolute Gasteiger partial charge is 0.407 e. The molecule has 9 heteroatoms. The van der Waals surface area contributed by atoms with Crippen LogP contribution in [-0.2, 0) is 4.74 Å². The Labute approximate surface area is 175 Å². The number of nitrogens with one attached hydrogen (secondary N) is 4. The second-order valence-corrected chi connectivity index (χ2v) is 8.46. The van der Waals surface area contributed by atoms with Gasteiger partial charge in [-0.15, -0.1) is 0 Å². The van der Waals surface area contributed by atoms with Gasteiger partial charge in [0.2, 0.25) is 0 Å². The molecule has 2 aromatic rings. The number of aryl methyl sites for hydroxylation is 1. The zero-order valence-electron chi connectivity index (χ0n) is 17.5. The van der Waals surface area contributed by atoms with Gasteiger partial charge in [0.15, 0.2) is 0 Å². The standard InChI is InChI=1S/C21H28N6O3/c1-12-15(6-7-16(23-12)19(28)22-3)24-18-11-17(26-27-18)13-4-5-14(10-13)30-20(29)25-21(2)8-9-21/h6-7,11,13-14H,4-5,8-10H2,1-3H3,(H,22,28)(H,25,29)(H2,24,26,27)/t13-,14+/m0/s1. The van der Waals surface area contributed by atoms with Crippen molar-refractivity contribution in [3.63, 3.8) is 0 Å². The molecule has 0 radical (unpaired) electrons. The first kappa shape index (κ1) is 20.2. The van der Waals surface area contributed by atoms with Crippen molar-refractivity contribution in [1.82, 2.24) is 25.8 Å². The number of nitrogens with zero attached hydrogens (tertiary/aromatic N) is 2. The molecule has 2 aliphatic carbocycles. The maximum atomic E-state index is 12.0. The molecule has 0 spiro atoms. The number of aromatic nitrogens is 3. The normalized spacial score (nSPS) is 21.7. The lowest BCUT2D eigenvalue weighted by molar-refractivity contribution is 0.0952. The number of ether oxygens (including phenoxy) is 1. The lowest BCUT2D eigenvalue weighted by atomic mass is 10.0. The van der Waals surface area contributed by atoms with Crippen LogP contribution in [-0.4, -0.2) is 45.9 Å². The fourth-order valence-corrected chi connectivity index (χ4v) is 3.76. The van der Waals surface area contributed by atoms with E-state index in [0.29, 0.717) is 5.69 Å². The second kappa shape index (κ2) is 7.97. The van der Waals surface area contributed by atoms with Crippen LogP contribution in [0.4, 0.5) is 16.3 Å². The van der Waals surface area contributed by atoms with Crippen LogP contribution in [0.25, 0.3) is 0 Å². The van der Waals surface area contributed by atoms with E-state index in [1.807, 2.05) is 26.0 Å². The summed E-state index contributed by atoms with van der Waals surface area (Å²) in [6.07, 6.45) is 4.19. The first-order valence-corrected chi connectivity index (χ1v) is 10.4. The van der Waals surface area contributed by atoms with Crippen molar-refractivity contribution < 1.29 is 14.3 Å². The summed E-state index contributed by atoms with van der Waals surface area (Å²) in [6, 6.07) is 5.48. The predicted molar refractivity (Wildman–Crippen MR) is 112 cm³/mol. The van der Waals surface area contributed by atoms with Crippen LogP contribution >= 0.6 is 0 Å². The second-order valence-electron chi connectivity index (χ2n) is 8.46. The maximum absolute atomic E-state index is 12.0. The average molecular weight is 412 g/mol. The summed E-state index contributed by atoms with van der Waals surface area (Å²) in [5, 5.41) is 16.2. The lowest BCUT2D eigenvalue weighted by Gasteiger charge is -2.16. The number of anilines is 2. The van der Waals surface area contributed by atoms with E-state index in [-0.39, 0.29) is 29.6 Å². The summed E-state index contributed by atoms with van der Waals surface area (Å²) >= 11 is 0. The van der Waals surface area contributed by atoms with E-state index in [1.54, 1.807) is 13.1 Å². The predicted octanol–water partition coefficient (Wildman–Crippen LogP) is 3.13. The monoisotopic (exact) mass is 412 g/mol. The fraction of sp³-hybridized carbons (Fsp3) is 0.524. The molecular formula is C21H28N6O3. The number of carbonyl (C=O) groups excluding carboxylic acids is 2. The summed E-state index contributed by atoms with van der Waals surface area (Å²) in [6.45, 7) is 3.88. The molecule has 2 aromatic heterocycles. The number of alkyl carbamates (subject to hydrolysis) is 1. The third kappa shape index (κ3) is 4.55. The van der Waals surface area contributed by atoms with Crippen molar-refractivity contribution in [1.29, 1.82) is 0 Å². The zero-order valence-corrected chi connectivity index (χ0v) is 17.5. The maximum Gasteiger partial charge on any atom is 0.407 e. The molecule has 30 heavy (non-hydrogen) atoms. The van der Waals surface area contributed by atoms with Crippen LogP contribution in [0.2, 0.25) is 0 Å². The van der Waals surface area contributed by atoms with E-state index < -0.39 is 0 Å². The van der Waals surface area contributed by atoms with E-state index in [4.69, 9.17) is 4.74 Å². The number of hydrogen-bond acceptors (Lipinski definition) is 6. The summed E-state index contributed by atoms with van der Waals surface area (Å²) in [4.78, 5) is 28.1. The third-order valence-corrected chi connectivity index (χ3v) is 5.89. The first-order valence-electron chi connectivity index (χ1n) is 10.4. The summed E-state index contributed by atoms with van der Waals surface area (Å²) in [7, 11) is 1.58. The van der Waals surface area contributed by atoms with Gasteiger partial charge in [-0.05, 0) is 58.1 Å². The minimum Gasteiger partial charge on any atom is -0.446 e. The van der Waals surface area contributed by atoms with Crippen LogP contribution < -0.4 is 16.0 Å². The van der Waals surface area contributed by atoms with Crippen molar-refractivity contribution in [2.24, 2.45) is 0 Å². The van der Waals surface area contributed by atoms with Gasteiger partial charge in [-0.3, -0.25) is 9.89 Å². The molecule has 2 aliphatic rings. The average Bonchev–Trinajstić information content (AvgIpc) is 3.10. The van der Waals surface area contributed by atoms with Crippen molar-refractivity contribution in [3.8, 4) is 0 Å². The topological polar surface area (TPSA) is 121 Å². The quantitative estimate of drug-likeness (QED) is 0.578. The molecule has 0 aliphatic heterocycles. The minimum atomic E-state index is -0.312. The van der Waals surface area contributed by atoms with E-state index >= 15 is 0 Å². The third-order valence-electron chi connectivity index (χ3n) is 5.89. The Morgan fingerprint density at radius 3 is 2.77 bits per heavy atom. The Morgan fingerprint density at radius 2 is 2.07 bits per heavy atom. The highest BCUT2D eigenvalue weighted by Crippen LogP contribution is 2.37. The lowest BCUT2D eigenvalue weighted by Crippen LogP contribution is -2.36. The van der Waals surface area contributed by atoms with Crippen molar-refractivity contribution in [2.75, 3.05) is 12.4 Å². The largest absolute Gasteiger partial charge is 0.446 e. The molecule has 0 aromatic carbocycles. The van der Waals surface area contributed by atoms with Crippen molar-refractivity contribution in [3.05, 3.63) is 35.3 Å². The fourth-order valence-electron chi connectivity index (χ4n) is 3.76. The number of rotatable bonds is 6. The minimum absolute atomic E-state index is 0.0661. The molecule has 4 N–H and O–H groups in total. The van der Waals surface area contributed by atoms with Gasteiger partial charge in [-0.2, -0.15) is 5.10 Å². The molecule has 9 nitrogen and oxygen atoms in total. The first-order chi connectivity index (χ1) is 14.3. The van der Waals surface area contributed by atoms with Crippen LogP contribution in [0.1, 0.15) is 66.8 Å². The van der Waals surface area contributed by atoms with Gasteiger partial charge in [0.05, 0.1) is 17.1 Å². The molecule has 2 heterocycles. The van der Waals surface area contributed by atoms with Gasteiger partial charge >= 0.3 is 6.09 Å². The summed E-state index contributed by atoms with van der Waals surface area (Å²) in [5.74, 6) is 0.790. The molecule has 160 valence electrons. The molecule has 0 saturated heterocycles. The highest BCUT2D eigenvalue weighted by Gasteiger charge is 2.40. The molecule has 2 amide bonds. The number of pyridine rings is 1. The van der Waals surface area contributed by atoms with Crippen LogP contribution in [0.3, 0.4) is 0 Å². The SMILES string of the molecule is CNC(=O)c1ccc(Nc2cc([C@H]3CC[C@@H](OC(=O)NC4(C)CC4)C3)n[nH]2)c(C)n1. The van der Waals surface area contributed by atoms with E-state index in [2.05, 4.69) is 31.1 Å². The molecule has 2 atom stereocenters. The Balaban J connectivity index is 1.33. The van der Waals surface area contributed by atoms with E-state index in [0.717, 1.165) is 55.0 Å². The van der Waals surface area contributed by atoms with E-state index in [9.17, 15) is 9.59 Å². The van der Waals surface area contributed by atoms with Gasteiger partial charge in [-0.25, -0.2) is 9.78 Å². The Kier molecular flexibility index (Phi) is 5.36. The highest BCUT2D eigenvalue weighted by molar-refractivity contribution is 5.92.